The molecular weight excluding hydrogens is 308 g/mol. The molecule has 0 spiro atoms. The fourth-order valence-electron chi connectivity index (χ4n) is 3.16. The lowest BCUT2D eigenvalue weighted by Gasteiger charge is -2.31. The minimum absolute atomic E-state index is 0.0424. The Morgan fingerprint density at radius 3 is 2.75 bits per heavy atom. The topological polar surface area (TPSA) is 93.8 Å². The number of aryl methyl sites for hydroxylation is 1. The fourth-order valence-corrected chi connectivity index (χ4v) is 3.16. The largest absolute Gasteiger partial charge is 0.349 e. The molecule has 9 heteroatoms. The summed E-state index contributed by atoms with van der Waals surface area (Å²) in [5.41, 5.74) is 0.614. The molecule has 0 unspecified atom stereocenters. The van der Waals surface area contributed by atoms with Crippen LogP contribution >= 0.6 is 0 Å². The number of hydrogen-bond donors (Lipinski definition) is 1. The number of nitrogens with zero attached hydrogens (tertiary/aromatic N) is 7. The first-order valence-electron chi connectivity index (χ1n) is 8.47. The molecule has 0 bridgehead atoms. The molecule has 0 radical (unpaired) electrons. The first kappa shape index (κ1) is 15.3. The fraction of sp³-hybridized carbons (Fsp3) is 0.667. The van der Waals surface area contributed by atoms with Gasteiger partial charge in [-0.05, 0) is 36.1 Å². The summed E-state index contributed by atoms with van der Waals surface area (Å²) >= 11 is 0. The maximum atomic E-state index is 12.2. The van der Waals surface area contributed by atoms with Gasteiger partial charge in [-0.3, -0.25) is 14.4 Å². The first-order chi connectivity index (χ1) is 11.7. The van der Waals surface area contributed by atoms with Gasteiger partial charge in [-0.25, -0.2) is 4.68 Å². The Balaban J connectivity index is 1.27. The molecule has 24 heavy (non-hydrogen) atoms. The van der Waals surface area contributed by atoms with Crippen molar-refractivity contribution in [2.45, 2.75) is 44.3 Å². The number of carbonyl (C=O) groups excluding carboxylic acids is 1. The predicted molar refractivity (Wildman–Crippen MR) is 85.1 cm³/mol. The molecule has 4 rings (SSSR count). The number of piperidine rings is 1. The van der Waals surface area contributed by atoms with Crippen LogP contribution in [-0.4, -0.2) is 59.9 Å². The third kappa shape index (κ3) is 3.30. The van der Waals surface area contributed by atoms with Crippen LogP contribution in [0.15, 0.2) is 12.4 Å². The van der Waals surface area contributed by atoms with E-state index in [9.17, 15) is 4.79 Å². The highest BCUT2D eigenvalue weighted by Crippen LogP contribution is 2.34. The van der Waals surface area contributed by atoms with Crippen molar-refractivity contribution in [1.29, 1.82) is 0 Å². The second-order valence-electron chi connectivity index (χ2n) is 6.70. The van der Waals surface area contributed by atoms with Crippen molar-refractivity contribution in [3.8, 4) is 0 Å². The molecule has 0 aromatic carbocycles. The molecule has 2 aromatic heterocycles. The third-order valence-corrected chi connectivity index (χ3v) is 4.71. The average molecular weight is 330 g/mol. The molecule has 1 saturated heterocycles. The summed E-state index contributed by atoms with van der Waals surface area (Å²) in [6, 6.07) is 0.722. The van der Waals surface area contributed by atoms with Gasteiger partial charge in [0.05, 0.1) is 24.3 Å². The molecule has 3 heterocycles. The standard InChI is InChI=1S/C15H22N8O/c1-21-9-11(8-16-21)15(24)17-12-4-6-22(7-5-12)10-14-18-19-20-23(14)13-2-3-13/h8-9,12-13H,2-7,10H2,1H3,(H,17,24). The highest BCUT2D eigenvalue weighted by molar-refractivity contribution is 5.93. The third-order valence-electron chi connectivity index (χ3n) is 4.71. The molecule has 1 N–H and O–H groups in total. The highest BCUT2D eigenvalue weighted by atomic mass is 16.1. The van der Waals surface area contributed by atoms with Crippen molar-refractivity contribution >= 4 is 5.91 Å². The minimum Gasteiger partial charge on any atom is -0.349 e. The smallest absolute Gasteiger partial charge is 0.254 e. The van der Waals surface area contributed by atoms with E-state index in [0.717, 1.165) is 38.3 Å². The SMILES string of the molecule is Cn1cc(C(=O)NC2CCN(Cc3nnnn3C3CC3)CC2)cn1. The van der Waals surface area contributed by atoms with Gasteiger partial charge in [0.2, 0.25) is 0 Å². The van der Waals surface area contributed by atoms with Gasteiger partial charge in [-0.1, -0.05) is 0 Å². The molecule has 2 aromatic rings. The van der Waals surface area contributed by atoms with E-state index in [2.05, 4.69) is 30.8 Å². The van der Waals surface area contributed by atoms with Crippen LogP contribution in [0.2, 0.25) is 0 Å². The van der Waals surface area contributed by atoms with Crippen molar-refractivity contribution in [3.05, 3.63) is 23.8 Å². The molecule has 1 amide bonds. The summed E-state index contributed by atoms with van der Waals surface area (Å²) < 4.78 is 3.61. The van der Waals surface area contributed by atoms with E-state index in [1.807, 2.05) is 11.7 Å². The van der Waals surface area contributed by atoms with Crippen LogP contribution < -0.4 is 5.32 Å². The number of rotatable bonds is 5. The monoisotopic (exact) mass is 330 g/mol. The molecule has 0 atom stereocenters. The quantitative estimate of drug-likeness (QED) is 0.838. The Bertz CT molecular complexity index is 711. The zero-order chi connectivity index (χ0) is 16.5. The Labute approximate surface area is 140 Å². The summed E-state index contributed by atoms with van der Waals surface area (Å²) in [5, 5.41) is 19.2. The Morgan fingerprint density at radius 1 is 1.29 bits per heavy atom. The zero-order valence-electron chi connectivity index (χ0n) is 13.8. The molecule has 2 aliphatic rings. The molecular formula is C15H22N8O. The van der Waals surface area contributed by atoms with E-state index >= 15 is 0 Å². The summed E-state index contributed by atoms with van der Waals surface area (Å²) in [5.74, 6) is 0.912. The van der Waals surface area contributed by atoms with Crippen molar-refractivity contribution in [3.63, 3.8) is 0 Å². The van der Waals surface area contributed by atoms with E-state index < -0.39 is 0 Å². The lowest BCUT2D eigenvalue weighted by atomic mass is 10.0. The van der Waals surface area contributed by atoms with Crippen LogP contribution in [0.4, 0.5) is 0 Å². The van der Waals surface area contributed by atoms with Crippen molar-refractivity contribution in [2.75, 3.05) is 13.1 Å². The maximum absolute atomic E-state index is 12.2. The Kier molecular flexibility index (Phi) is 4.01. The van der Waals surface area contributed by atoms with Crippen LogP contribution in [-0.2, 0) is 13.6 Å². The van der Waals surface area contributed by atoms with Crippen LogP contribution in [0.25, 0.3) is 0 Å². The number of likely N-dealkylation sites (tertiary alicyclic amines) is 1. The van der Waals surface area contributed by atoms with Gasteiger partial charge in [0.15, 0.2) is 5.82 Å². The second-order valence-corrected chi connectivity index (χ2v) is 6.70. The number of amides is 1. The number of tetrazole rings is 1. The van der Waals surface area contributed by atoms with Crippen LogP contribution in [0, 0.1) is 0 Å². The lowest BCUT2D eigenvalue weighted by Crippen LogP contribution is -2.44. The van der Waals surface area contributed by atoms with Crippen molar-refractivity contribution < 1.29 is 4.79 Å². The maximum Gasteiger partial charge on any atom is 0.254 e. The predicted octanol–water partition coefficient (Wildman–Crippen LogP) is 0.136. The van der Waals surface area contributed by atoms with Gasteiger partial charge in [0.1, 0.15) is 0 Å². The molecule has 2 fully saturated rings. The van der Waals surface area contributed by atoms with Gasteiger partial charge in [0, 0.05) is 32.4 Å². The Hall–Kier alpha value is -2.29. The zero-order valence-corrected chi connectivity index (χ0v) is 13.8. The number of hydrogen-bond acceptors (Lipinski definition) is 6. The lowest BCUT2D eigenvalue weighted by molar-refractivity contribution is 0.0907. The summed E-state index contributed by atoms with van der Waals surface area (Å²) in [6.07, 6.45) is 7.58. The van der Waals surface area contributed by atoms with E-state index in [4.69, 9.17) is 0 Å². The molecule has 9 nitrogen and oxygen atoms in total. The molecule has 1 aliphatic heterocycles. The van der Waals surface area contributed by atoms with Gasteiger partial charge in [-0.2, -0.15) is 5.10 Å². The van der Waals surface area contributed by atoms with Crippen molar-refractivity contribution in [1.82, 2.24) is 40.2 Å². The van der Waals surface area contributed by atoms with Gasteiger partial charge >= 0.3 is 0 Å². The van der Waals surface area contributed by atoms with Crippen LogP contribution in [0.3, 0.4) is 0 Å². The van der Waals surface area contributed by atoms with E-state index in [1.165, 1.54) is 12.8 Å². The molecule has 128 valence electrons. The number of nitrogens with one attached hydrogen (secondary N) is 1. The number of aromatic nitrogens is 6. The summed E-state index contributed by atoms with van der Waals surface area (Å²) in [6.45, 7) is 2.66. The first-order valence-corrected chi connectivity index (χ1v) is 8.47. The van der Waals surface area contributed by atoms with Crippen molar-refractivity contribution in [2.24, 2.45) is 7.05 Å². The number of carbonyl (C=O) groups is 1. The molecule has 1 aliphatic carbocycles. The Morgan fingerprint density at radius 2 is 2.08 bits per heavy atom. The van der Waals surface area contributed by atoms with Crippen LogP contribution in [0.5, 0.6) is 0 Å². The second kappa shape index (κ2) is 6.31. The molecule has 1 saturated carbocycles. The van der Waals surface area contributed by atoms with Gasteiger partial charge in [0.25, 0.3) is 5.91 Å². The van der Waals surface area contributed by atoms with E-state index in [1.54, 1.807) is 17.1 Å². The highest BCUT2D eigenvalue weighted by Gasteiger charge is 2.29. The van der Waals surface area contributed by atoms with Gasteiger partial charge in [-0.15, -0.1) is 5.10 Å². The minimum atomic E-state index is -0.0424. The summed E-state index contributed by atoms with van der Waals surface area (Å²) in [7, 11) is 1.81. The normalized spacial score (nSPS) is 19.5. The van der Waals surface area contributed by atoms with Gasteiger partial charge < -0.3 is 5.32 Å². The van der Waals surface area contributed by atoms with E-state index in [0.29, 0.717) is 11.6 Å². The summed E-state index contributed by atoms with van der Waals surface area (Å²) in [4.78, 5) is 14.5. The van der Waals surface area contributed by atoms with E-state index in [-0.39, 0.29) is 11.9 Å². The average Bonchev–Trinajstić information content (AvgIpc) is 3.16. The van der Waals surface area contributed by atoms with Crippen LogP contribution in [0.1, 0.15) is 47.9 Å².